The molecule has 0 unspecified atom stereocenters. The SMILES string of the molecule is COc1ccc2c(c1)c(=O)oc(=O)n2CCBr. The van der Waals surface area contributed by atoms with Crippen LogP contribution in [0.25, 0.3) is 10.9 Å². The van der Waals surface area contributed by atoms with Gasteiger partial charge in [-0.2, -0.15) is 0 Å². The molecule has 0 N–H and O–H groups in total. The second-order valence-electron chi connectivity index (χ2n) is 3.38. The smallest absolute Gasteiger partial charge is 0.422 e. The van der Waals surface area contributed by atoms with Crippen molar-refractivity contribution in [3.63, 3.8) is 0 Å². The number of benzene rings is 1. The lowest BCUT2D eigenvalue weighted by molar-refractivity contribution is 0.411. The number of hydrogen-bond donors (Lipinski definition) is 0. The van der Waals surface area contributed by atoms with E-state index >= 15 is 0 Å². The average Bonchev–Trinajstić information content (AvgIpc) is 2.34. The Hall–Kier alpha value is -1.56. The van der Waals surface area contributed by atoms with E-state index in [0.717, 1.165) is 0 Å². The third-order valence-corrected chi connectivity index (χ3v) is 2.78. The molecule has 0 atom stereocenters. The summed E-state index contributed by atoms with van der Waals surface area (Å²) in [5, 5.41) is 0.937. The first kappa shape index (κ1) is 11.9. The van der Waals surface area contributed by atoms with Crippen LogP contribution in [0.4, 0.5) is 0 Å². The summed E-state index contributed by atoms with van der Waals surface area (Å²) >= 11 is 3.25. The zero-order chi connectivity index (χ0) is 12.4. The number of aromatic nitrogens is 1. The molecule has 1 heterocycles. The fourth-order valence-electron chi connectivity index (χ4n) is 1.62. The minimum Gasteiger partial charge on any atom is -0.497 e. The summed E-state index contributed by atoms with van der Waals surface area (Å²) in [5.41, 5.74) is -0.0961. The van der Waals surface area contributed by atoms with E-state index in [0.29, 0.717) is 28.5 Å². The number of ether oxygens (including phenoxy) is 1. The standard InChI is InChI=1S/C11H10BrNO4/c1-16-7-2-3-9-8(6-7)10(14)17-11(15)13(9)5-4-12/h2-3,6H,4-5H2,1H3. The number of hydrogen-bond acceptors (Lipinski definition) is 4. The Labute approximate surface area is 105 Å². The normalized spacial score (nSPS) is 10.7. The molecule has 0 aliphatic rings. The van der Waals surface area contributed by atoms with E-state index < -0.39 is 11.4 Å². The molecule has 1 aromatic heterocycles. The molecule has 0 spiro atoms. The maximum absolute atomic E-state index is 11.6. The molecule has 0 bridgehead atoms. The van der Waals surface area contributed by atoms with E-state index in [4.69, 9.17) is 4.74 Å². The number of alkyl halides is 1. The first-order chi connectivity index (χ1) is 8.17. The Morgan fingerprint density at radius 3 is 2.82 bits per heavy atom. The number of nitrogens with zero attached hydrogens (tertiary/aromatic N) is 1. The first-order valence-corrected chi connectivity index (χ1v) is 6.07. The fourth-order valence-corrected chi connectivity index (χ4v) is 1.98. The third-order valence-electron chi connectivity index (χ3n) is 2.42. The molecule has 2 aromatic rings. The molecular formula is C11H10BrNO4. The van der Waals surface area contributed by atoms with Crippen LogP contribution in [-0.2, 0) is 6.54 Å². The van der Waals surface area contributed by atoms with Gasteiger partial charge >= 0.3 is 11.4 Å². The minimum absolute atomic E-state index is 0.338. The van der Waals surface area contributed by atoms with E-state index in [1.807, 2.05) is 0 Å². The van der Waals surface area contributed by atoms with Gasteiger partial charge in [0.15, 0.2) is 0 Å². The quantitative estimate of drug-likeness (QED) is 0.803. The van der Waals surface area contributed by atoms with Crippen LogP contribution in [0.3, 0.4) is 0 Å². The van der Waals surface area contributed by atoms with E-state index in [1.165, 1.54) is 11.7 Å². The van der Waals surface area contributed by atoms with Gasteiger partial charge in [0.1, 0.15) is 5.75 Å². The summed E-state index contributed by atoms with van der Waals surface area (Å²) in [5.74, 6) is -0.0963. The van der Waals surface area contributed by atoms with Gasteiger partial charge in [-0.15, -0.1) is 0 Å². The average molecular weight is 300 g/mol. The molecule has 6 heteroatoms. The van der Waals surface area contributed by atoms with Crippen molar-refractivity contribution in [2.75, 3.05) is 12.4 Å². The van der Waals surface area contributed by atoms with Gasteiger partial charge in [0.05, 0.1) is 18.0 Å². The van der Waals surface area contributed by atoms with Crippen molar-refractivity contribution in [3.05, 3.63) is 39.2 Å². The van der Waals surface area contributed by atoms with Crippen molar-refractivity contribution >= 4 is 26.8 Å². The third kappa shape index (κ3) is 2.12. The Morgan fingerprint density at radius 1 is 1.41 bits per heavy atom. The van der Waals surface area contributed by atoms with Crippen molar-refractivity contribution in [1.29, 1.82) is 0 Å². The van der Waals surface area contributed by atoms with Crippen LogP contribution in [-0.4, -0.2) is 17.0 Å². The van der Waals surface area contributed by atoms with Gasteiger partial charge in [-0.1, -0.05) is 15.9 Å². The molecule has 1 aromatic carbocycles. The van der Waals surface area contributed by atoms with Crippen LogP contribution >= 0.6 is 15.9 Å². The molecular weight excluding hydrogens is 290 g/mol. The second-order valence-corrected chi connectivity index (χ2v) is 4.17. The maximum Gasteiger partial charge on any atom is 0.422 e. The summed E-state index contributed by atoms with van der Waals surface area (Å²) in [6.07, 6.45) is 0. The monoisotopic (exact) mass is 299 g/mol. The van der Waals surface area contributed by atoms with Crippen molar-refractivity contribution in [2.45, 2.75) is 6.54 Å². The number of fused-ring (bicyclic) bond motifs is 1. The lowest BCUT2D eigenvalue weighted by Gasteiger charge is -2.07. The minimum atomic E-state index is -0.646. The molecule has 0 saturated heterocycles. The van der Waals surface area contributed by atoms with E-state index in [-0.39, 0.29) is 0 Å². The zero-order valence-electron chi connectivity index (χ0n) is 9.10. The lowest BCUT2D eigenvalue weighted by atomic mass is 10.2. The Balaban J connectivity index is 2.83. The van der Waals surface area contributed by atoms with Gasteiger partial charge in [0.25, 0.3) is 0 Å². The van der Waals surface area contributed by atoms with E-state index in [9.17, 15) is 9.59 Å². The van der Waals surface area contributed by atoms with Gasteiger partial charge in [-0.25, -0.2) is 9.59 Å². The number of methoxy groups -OCH3 is 1. The van der Waals surface area contributed by atoms with Crippen molar-refractivity contribution in [1.82, 2.24) is 4.57 Å². The van der Waals surface area contributed by atoms with Crippen molar-refractivity contribution < 1.29 is 9.15 Å². The predicted molar refractivity (Wildman–Crippen MR) is 67.1 cm³/mol. The first-order valence-electron chi connectivity index (χ1n) is 4.95. The Kier molecular flexibility index (Phi) is 3.33. The molecule has 0 saturated carbocycles. The lowest BCUT2D eigenvalue weighted by Crippen LogP contribution is -2.25. The van der Waals surface area contributed by atoms with Crippen molar-refractivity contribution in [2.24, 2.45) is 0 Å². The number of halogens is 1. The van der Waals surface area contributed by atoms with Gasteiger partial charge in [0.2, 0.25) is 0 Å². The topological polar surface area (TPSA) is 61.4 Å². The molecule has 2 rings (SSSR count). The summed E-state index contributed by atoms with van der Waals surface area (Å²) in [6, 6.07) is 4.94. The highest BCUT2D eigenvalue weighted by atomic mass is 79.9. The largest absolute Gasteiger partial charge is 0.497 e. The summed E-state index contributed by atoms with van der Waals surface area (Å²) in [7, 11) is 1.51. The van der Waals surface area contributed by atoms with Gasteiger partial charge in [0, 0.05) is 11.9 Å². The number of aryl methyl sites for hydroxylation is 1. The zero-order valence-corrected chi connectivity index (χ0v) is 10.7. The Bertz CT molecular complexity index is 659. The van der Waals surface area contributed by atoms with Crippen LogP contribution in [0, 0.1) is 0 Å². The molecule has 0 amide bonds. The van der Waals surface area contributed by atoms with Crippen molar-refractivity contribution in [3.8, 4) is 5.75 Å². The van der Waals surface area contributed by atoms with E-state index in [1.54, 1.807) is 18.2 Å². The summed E-state index contributed by atoms with van der Waals surface area (Å²) < 4.78 is 11.1. The second kappa shape index (κ2) is 4.75. The molecule has 0 aliphatic heterocycles. The Morgan fingerprint density at radius 2 is 2.18 bits per heavy atom. The highest BCUT2D eigenvalue weighted by Crippen LogP contribution is 2.16. The van der Waals surface area contributed by atoms with Crippen LogP contribution in [0.1, 0.15) is 0 Å². The van der Waals surface area contributed by atoms with Crippen LogP contribution < -0.4 is 16.1 Å². The van der Waals surface area contributed by atoms with Gasteiger partial charge in [-0.3, -0.25) is 4.57 Å². The number of rotatable bonds is 3. The molecule has 90 valence electrons. The highest BCUT2D eigenvalue weighted by Gasteiger charge is 2.09. The van der Waals surface area contributed by atoms with Crippen LogP contribution in [0.5, 0.6) is 5.75 Å². The van der Waals surface area contributed by atoms with Gasteiger partial charge in [-0.05, 0) is 18.2 Å². The molecule has 0 radical (unpaired) electrons. The predicted octanol–water partition coefficient (Wildman–Crippen LogP) is 1.36. The van der Waals surface area contributed by atoms with Crippen LogP contribution in [0.15, 0.2) is 32.2 Å². The van der Waals surface area contributed by atoms with Crippen LogP contribution in [0.2, 0.25) is 0 Å². The molecule has 5 nitrogen and oxygen atoms in total. The summed E-state index contributed by atoms with van der Waals surface area (Å²) in [4.78, 5) is 23.1. The maximum atomic E-state index is 11.6. The summed E-state index contributed by atoms with van der Waals surface area (Å²) in [6.45, 7) is 0.436. The molecule has 17 heavy (non-hydrogen) atoms. The highest BCUT2D eigenvalue weighted by molar-refractivity contribution is 9.09. The molecule has 0 fully saturated rings. The van der Waals surface area contributed by atoms with E-state index in [2.05, 4.69) is 20.3 Å². The fraction of sp³-hybridized carbons (Fsp3) is 0.273. The van der Waals surface area contributed by atoms with Gasteiger partial charge < -0.3 is 9.15 Å². The molecule has 0 aliphatic carbocycles.